The van der Waals surface area contributed by atoms with Crippen molar-refractivity contribution in [3.8, 4) is 0 Å². The van der Waals surface area contributed by atoms with Gasteiger partial charge in [0, 0.05) is 44.0 Å². The van der Waals surface area contributed by atoms with Crippen molar-refractivity contribution in [1.29, 1.82) is 0 Å². The number of hydrogen-bond acceptors (Lipinski definition) is 4. The van der Waals surface area contributed by atoms with Crippen LogP contribution in [0.3, 0.4) is 0 Å². The predicted molar refractivity (Wildman–Crippen MR) is 86.2 cm³/mol. The van der Waals surface area contributed by atoms with Crippen molar-refractivity contribution >= 4 is 0 Å². The number of nitrogens with one attached hydrogen (secondary N) is 1. The highest BCUT2D eigenvalue weighted by atomic mass is 16.5. The molecule has 1 aromatic rings. The molecule has 2 rings (SSSR count). The molecule has 2 atom stereocenters. The van der Waals surface area contributed by atoms with Gasteiger partial charge in [0.1, 0.15) is 0 Å². The molecule has 2 heterocycles. The molecule has 4 heteroatoms. The maximum absolute atomic E-state index is 5.71. The first kappa shape index (κ1) is 16.4. The van der Waals surface area contributed by atoms with E-state index in [0.29, 0.717) is 12.0 Å². The summed E-state index contributed by atoms with van der Waals surface area (Å²) in [5.74, 6) is 0.590. The zero-order valence-corrected chi connectivity index (χ0v) is 13.4. The Kier molecular flexibility index (Phi) is 7.13. The van der Waals surface area contributed by atoms with Crippen LogP contribution in [0.4, 0.5) is 0 Å². The lowest BCUT2D eigenvalue weighted by molar-refractivity contribution is 0.0161. The third-order valence-corrected chi connectivity index (χ3v) is 4.23. The van der Waals surface area contributed by atoms with Gasteiger partial charge in [0.2, 0.25) is 0 Å². The lowest BCUT2D eigenvalue weighted by atomic mass is 9.94. The van der Waals surface area contributed by atoms with Crippen LogP contribution in [0.5, 0.6) is 0 Å². The minimum atomic E-state index is 0.590. The van der Waals surface area contributed by atoms with Crippen molar-refractivity contribution in [2.45, 2.75) is 39.3 Å². The summed E-state index contributed by atoms with van der Waals surface area (Å²) in [4.78, 5) is 6.60. The predicted octanol–water partition coefficient (Wildman–Crippen LogP) is 2.31. The minimum absolute atomic E-state index is 0.590. The van der Waals surface area contributed by atoms with Gasteiger partial charge >= 0.3 is 0 Å². The number of rotatable bonds is 8. The van der Waals surface area contributed by atoms with Crippen molar-refractivity contribution in [2.24, 2.45) is 5.92 Å². The second-order valence-corrected chi connectivity index (χ2v) is 5.87. The Morgan fingerprint density at radius 1 is 1.33 bits per heavy atom. The van der Waals surface area contributed by atoms with Crippen LogP contribution in [0.25, 0.3) is 0 Å². The maximum Gasteiger partial charge on any atom is 0.0521 e. The van der Waals surface area contributed by atoms with E-state index in [1.165, 1.54) is 12.0 Å². The Balaban J connectivity index is 1.89. The highest BCUT2D eigenvalue weighted by Gasteiger charge is 2.26. The zero-order chi connectivity index (χ0) is 14.9. The van der Waals surface area contributed by atoms with E-state index < -0.39 is 0 Å². The summed E-state index contributed by atoms with van der Waals surface area (Å²) in [6, 6.07) is 4.81. The fourth-order valence-electron chi connectivity index (χ4n) is 2.96. The molecule has 1 fully saturated rings. The lowest BCUT2D eigenvalue weighted by Gasteiger charge is -2.35. The van der Waals surface area contributed by atoms with Crippen LogP contribution in [0.15, 0.2) is 24.5 Å². The molecule has 1 N–H and O–H groups in total. The third-order valence-electron chi connectivity index (χ3n) is 4.23. The van der Waals surface area contributed by atoms with Gasteiger partial charge in [-0.3, -0.25) is 9.88 Å². The average Bonchev–Trinajstić information content (AvgIpc) is 2.54. The molecule has 0 aliphatic carbocycles. The van der Waals surface area contributed by atoms with Crippen LogP contribution in [0, 0.1) is 5.92 Å². The van der Waals surface area contributed by atoms with E-state index in [1.54, 1.807) is 0 Å². The van der Waals surface area contributed by atoms with Gasteiger partial charge in [0.15, 0.2) is 0 Å². The molecule has 1 aliphatic heterocycles. The van der Waals surface area contributed by atoms with Crippen LogP contribution in [0.2, 0.25) is 0 Å². The topological polar surface area (TPSA) is 37.4 Å². The number of aromatic nitrogens is 1. The monoisotopic (exact) mass is 291 g/mol. The fraction of sp³-hybridized carbons (Fsp3) is 0.706. The fourth-order valence-corrected chi connectivity index (χ4v) is 2.96. The van der Waals surface area contributed by atoms with Gasteiger partial charge in [-0.25, -0.2) is 0 Å². The summed E-state index contributed by atoms with van der Waals surface area (Å²) < 4.78 is 5.71. The molecule has 1 aromatic heterocycles. The minimum Gasteiger partial charge on any atom is -0.381 e. The molecule has 21 heavy (non-hydrogen) atoms. The van der Waals surface area contributed by atoms with E-state index in [4.69, 9.17) is 4.74 Å². The van der Waals surface area contributed by atoms with Crippen molar-refractivity contribution in [3.63, 3.8) is 0 Å². The maximum atomic E-state index is 5.71. The van der Waals surface area contributed by atoms with Gasteiger partial charge in [-0.15, -0.1) is 0 Å². The van der Waals surface area contributed by atoms with Gasteiger partial charge in [-0.05, 0) is 43.6 Å². The molecule has 1 aliphatic rings. The van der Waals surface area contributed by atoms with Crippen LogP contribution >= 0.6 is 0 Å². The SMILES string of the molecule is CCCNC1CCOCC1CN(CC)Cc1ccncc1. The van der Waals surface area contributed by atoms with E-state index in [-0.39, 0.29) is 0 Å². The second-order valence-electron chi connectivity index (χ2n) is 5.87. The summed E-state index contributed by atoms with van der Waals surface area (Å²) in [7, 11) is 0. The molecule has 0 spiro atoms. The molecular weight excluding hydrogens is 262 g/mol. The molecule has 0 saturated carbocycles. The summed E-state index contributed by atoms with van der Waals surface area (Å²) >= 11 is 0. The molecule has 2 unspecified atom stereocenters. The first-order valence-corrected chi connectivity index (χ1v) is 8.25. The van der Waals surface area contributed by atoms with E-state index in [0.717, 1.165) is 45.8 Å². The zero-order valence-electron chi connectivity index (χ0n) is 13.4. The Bertz CT molecular complexity index is 385. The molecule has 0 bridgehead atoms. The molecule has 0 aromatic carbocycles. The van der Waals surface area contributed by atoms with Crippen LogP contribution < -0.4 is 5.32 Å². The molecule has 1 saturated heterocycles. The van der Waals surface area contributed by atoms with Crippen molar-refractivity contribution in [1.82, 2.24) is 15.2 Å². The summed E-state index contributed by atoms with van der Waals surface area (Å²) in [6.07, 6.45) is 6.08. The van der Waals surface area contributed by atoms with Gasteiger partial charge in [-0.2, -0.15) is 0 Å². The lowest BCUT2D eigenvalue weighted by Crippen LogP contribution is -2.47. The quantitative estimate of drug-likeness (QED) is 0.797. The van der Waals surface area contributed by atoms with Crippen LogP contribution in [-0.4, -0.2) is 48.8 Å². The normalized spacial score (nSPS) is 22.6. The number of ether oxygens (including phenoxy) is 1. The molecule has 118 valence electrons. The largest absolute Gasteiger partial charge is 0.381 e. The van der Waals surface area contributed by atoms with Gasteiger partial charge in [0.05, 0.1) is 6.61 Å². The number of nitrogens with zero attached hydrogens (tertiary/aromatic N) is 2. The first-order valence-electron chi connectivity index (χ1n) is 8.25. The van der Waals surface area contributed by atoms with Gasteiger partial charge < -0.3 is 10.1 Å². The van der Waals surface area contributed by atoms with E-state index in [9.17, 15) is 0 Å². The summed E-state index contributed by atoms with van der Waals surface area (Å²) in [5.41, 5.74) is 1.33. The Morgan fingerprint density at radius 3 is 2.86 bits per heavy atom. The molecular formula is C17H29N3O. The molecule has 4 nitrogen and oxygen atoms in total. The standard InChI is InChI=1S/C17H29N3O/c1-3-8-19-17-7-11-21-14-16(17)13-20(4-2)12-15-5-9-18-10-6-15/h5-6,9-10,16-17,19H,3-4,7-8,11-14H2,1-2H3. The van der Waals surface area contributed by atoms with Crippen molar-refractivity contribution in [2.75, 3.05) is 32.8 Å². The van der Waals surface area contributed by atoms with Crippen LogP contribution in [-0.2, 0) is 11.3 Å². The highest BCUT2D eigenvalue weighted by molar-refractivity contribution is 5.09. The van der Waals surface area contributed by atoms with E-state index in [2.05, 4.69) is 41.2 Å². The summed E-state index contributed by atoms with van der Waals surface area (Å²) in [5, 5.41) is 3.70. The highest BCUT2D eigenvalue weighted by Crippen LogP contribution is 2.17. The summed E-state index contributed by atoms with van der Waals surface area (Å²) in [6.45, 7) is 10.5. The smallest absolute Gasteiger partial charge is 0.0521 e. The van der Waals surface area contributed by atoms with Gasteiger partial charge in [-0.1, -0.05) is 13.8 Å². The van der Waals surface area contributed by atoms with Crippen molar-refractivity contribution < 1.29 is 4.74 Å². The molecule has 0 radical (unpaired) electrons. The number of pyridine rings is 1. The van der Waals surface area contributed by atoms with Gasteiger partial charge in [0.25, 0.3) is 0 Å². The van der Waals surface area contributed by atoms with Crippen molar-refractivity contribution in [3.05, 3.63) is 30.1 Å². The average molecular weight is 291 g/mol. The third kappa shape index (κ3) is 5.38. The number of hydrogen-bond donors (Lipinski definition) is 1. The second kappa shape index (κ2) is 9.13. The molecule has 0 amide bonds. The Labute approximate surface area is 128 Å². The van der Waals surface area contributed by atoms with E-state index in [1.807, 2.05) is 12.4 Å². The first-order chi connectivity index (χ1) is 10.3. The van der Waals surface area contributed by atoms with Crippen LogP contribution in [0.1, 0.15) is 32.3 Å². The Hall–Kier alpha value is -0.970. The Morgan fingerprint density at radius 2 is 2.14 bits per heavy atom. The van der Waals surface area contributed by atoms with E-state index >= 15 is 0 Å².